The van der Waals surface area contributed by atoms with E-state index in [1.807, 2.05) is 19.4 Å². The molecular weight excluding hydrogens is 220 g/mol. The lowest BCUT2D eigenvalue weighted by Gasteiger charge is -2.18. The first-order valence-corrected chi connectivity index (χ1v) is 6.81. The number of hydrogen-bond acceptors (Lipinski definition) is 5. The maximum atomic E-state index is 4.55. The fraction of sp³-hybridized carbons (Fsp3) is 0.636. The fourth-order valence-corrected chi connectivity index (χ4v) is 2.31. The van der Waals surface area contributed by atoms with E-state index >= 15 is 0 Å². The van der Waals surface area contributed by atoms with Crippen LogP contribution >= 0.6 is 11.8 Å². The van der Waals surface area contributed by atoms with E-state index in [0.29, 0.717) is 0 Å². The van der Waals surface area contributed by atoms with Crippen molar-refractivity contribution < 1.29 is 0 Å². The zero-order chi connectivity index (χ0) is 11.5. The Morgan fingerprint density at radius 2 is 2.31 bits per heavy atom. The van der Waals surface area contributed by atoms with Crippen LogP contribution in [0.1, 0.15) is 13.3 Å². The van der Waals surface area contributed by atoms with E-state index in [1.54, 1.807) is 11.8 Å². The van der Waals surface area contributed by atoms with Crippen LogP contribution in [0.25, 0.3) is 0 Å². The molecular formula is C11H18N4S. The second-order valence-electron chi connectivity index (χ2n) is 4.19. The van der Waals surface area contributed by atoms with Crippen molar-refractivity contribution in [1.29, 1.82) is 0 Å². The molecule has 0 amide bonds. The third kappa shape index (κ3) is 2.40. The van der Waals surface area contributed by atoms with Crippen molar-refractivity contribution >= 4 is 23.4 Å². The minimum Gasteiger partial charge on any atom is -0.373 e. The average molecular weight is 238 g/mol. The summed E-state index contributed by atoms with van der Waals surface area (Å²) in [7, 11) is 1.89. The second-order valence-corrected chi connectivity index (χ2v) is 4.96. The van der Waals surface area contributed by atoms with Gasteiger partial charge in [0, 0.05) is 26.2 Å². The van der Waals surface area contributed by atoms with Crippen molar-refractivity contribution in [3.05, 3.63) is 6.07 Å². The van der Waals surface area contributed by atoms with E-state index < -0.39 is 0 Å². The summed E-state index contributed by atoms with van der Waals surface area (Å²) in [5.74, 6) is 2.72. The maximum absolute atomic E-state index is 4.55. The number of rotatable bonds is 3. The van der Waals surface area contributed by atoms with Crippen LogP contribution in [-0.2, 0) is 0 Å². The first-order valence-electron chi connectivity index (χ1n) is 5.58. The van der Waals surface area contributed by atoms with Crippen LogP contribution in [0.4, 0.5) is 11.6 Å². The van der Waals surface area contributed by atoms with E-state index in [0.717, 1.165) is 35.8 Å². The highest BCUT2D eigenvalue weighted by Crippen LogP contribution is 2.25. The minimum absolute atomic E-state index is 0.769. The molecule has 0 spiro atoms. The van der Waals surface area contributed by atoms with Crippen molar-refractivity contribution in [2.24, 2.45) is 5.92 Å². The van der Waals surface area contributed by atoms with Crippen LogP contribution in [-0.4, -0.2) is 36.4 Å². The van der Waals surface area contributed by atoms with Crippen molar-refractivity contribution in [2.75, 3.05) is 36.6 Å². The quantitative estimate of drug-likeness (QED) is 0.645. The van der Waals surface area contributed by atoms with E-state index in [1.165, 1.54) is 6.42 Å². The SMILES string of the molecule is CNc1cc(N2CCC(C)C2)nc(SC)n1. The molecule has 2 rings (SSSR count). The van der Waals surface area contributed by atoms with Crippen LogP contribution in [0.15, 0.2) is 11.2 Å². The van der Waals surface area contributed by atoms with Crippen LogP contribution in [0.2, 0.25) is 0 Å². The summed E-state index contributed by atoms with van der Waals surface area (Å²) in [5.41, 5.74) is 0. The molecule has 16 heavy (non-hydrogen) atoms. The molecule has 1 unspecified atom stereocenters. The lowest BCUT2D eigenvalue weighted by molar-refractivity contribution is 0.658. The van der Waals surface area contributed by atoms with Crippen molar-refractivity contribution in [3.63, 3.8) is 0 Å². The molecule has 88 valence electrons. The Morgan fingerprint density at radius 3 is 2.88 bits per heavy atom. The summed E-state index contributed by atoms with van der Waals surface area (Å²) in [4.78, 5) is 11.3. The van der Waals surface area contributed by atoms with Gasteiger partial charge in [-0.15, -0.1) is 0 Å². The highest BCUT2D eigenvalue weighted by atomic mass is 32.2. The smallest absolute Gasteiger partial charge is 0.191 e. The minimum atomic E-state index is 0.769. The Labute approximate surface area is 101 Å². The van der Waals surface area contributed by atoms with Crippen molar-refractivity contribution in [3.8, 4) is 0 Å². The van der Waals surface area contributed by atoms with Gasteiger partial charge in [0.25, 0.3) is 0 Å². The van der Waals surface area contributed by atoms with E-state index in [-0.39, 0.29) is 0 Å². The predicted molar refractivity (Wildman–Crippen MR) is 69.4 cm³/mol. The summed E-state index contributed by atoms with van der Waals surface area (Å²) in [6.45, 7) is 4.50. The molecule has 1 aromatic rings. The van der Waals surface area contributed by atoms with Gasteiger partial charge in [0.2, 0.25) is 0 Å². The molecule has 2 heterocycles. The molecule has 0 saturated carbocycles. The average Bonchev–Trinajstić information content (AvgIpc) is 2.75. The lowest BCUT2D eigenvalue weighted by Crippen LogP contribution is -2.21. The van der Waals surface area contributed by atoms with Gasteiger partial charge in [-0.2, -0.15) is 0 Å². The molecule has 5 heteroatoms. The van der Waals surface area contributed by atoms with Gasteiger partial charge in [0.05, 0.1) is 0 Å². The summed E-state index contributed by atoms with van der Waals surface area (Å²) < 4.78 is 0. The normalized spacial score (nSPS) is 20.2. The number of nitrogens with one attached hydrogen (secondary N) is 1. The Kier molecular flexibility index (Phi) is 3.53. The second kappa shape index (κ2) is 4.91. The molecule has 1 aliphatic heterocycles. The Hall–Kier alpha value is -0.970. The fourth-order valence-electron chi connectivity index (χ4n) is 1.94. The van der Waals surface area contributed by atoms with Crippen LogP contribution in [0.3, 0.4) is 0 Å². The molecule has 1 aromatic heterocycles. The predicted octanol–water partition coefficient (Wildman–Crippen LogP) is 2.09. The molecule has 0 aromatic carbocycles. The zero-order valence-electron chi connectivity index (χ0n) is 10.0. The third-order valence-corrected chi connectivity index (χ3v) is 3.43. The van der Waals surface area contributed by atoms with Crippen molar-refractivity contribution in [1.82, 2.24) is 9.97 Å². The van der Waals surface area contributed by atoms with Gasteiger partial charge < -0.3 is 10.2 Å². The topological polar surface area (TPSA) is 41.0 Å². The highest BCUT2D eigenvalue weighted by Gasteiger charge is 2.20. The Bertz CT molecular complexity index is 347. The van der Waals surface area contributed by atoms with Crippen LogP contribution in [0, 0.1) is 5.92 Å². The molecule has 1 fully saturated rings. The molecule has 4 nitrogen and oxygen atoms in total. The van der Waals surface area contributed by atoms with Gasteiger partial charge >= 0.3 is 0 Å². The van der Waals surface area contributed by atoms with Crippen LogP contribution in [0.5, 0.6) is 0 Å². The zero-order valence-corrected chi connectivity index (χ0v) is 10.8. The molecule has 1 saturated heterocycles. The largest absolute Gasteiger partial charge is 0.373 e. The number of thioether (sulfide) groups is 1. The van der Waals surface area contributed by atoms with Gasteiger partial charge in [-0.1, -0.05) is 18.7 Å². The van der Waals surface area contributed by atoms with Gasteiger partial charge in [-0.05, 0) is 18.6 Å². The molecule has 0 aliphatic carbocycles. The molecule has 1 N–H and O–H groups in total. The van der Waals surface area contributed by atoms with E-state index in [9.17, 15) is 0 Å². The molecule has 0 bridgehead atoms. The maximum Gasteiger partial charge on any atom is 0.191 e. The summed E-state index contributed by atoms with van der Waals surface area (Å²) in [6.07, 6.45) is 3.26. The Balaban J connectivity index is 2.25. The first kappa shape index (κ1) is 11.5. The van der Waals surface area contributed by atoms with E-state index in [2.05, 4.69) is 27.1 Å². The number of hydrogen-bond donors (Lipinski definition) is 1. The van der Waals surface area contributed by atoms with Gasteiger partial charge in [-0.3, -0.25) is 0 Å². The number of aromatic nitrogens is 2. The Morgan fingerprint density at radius 1 is 1.50 bits per heavy atom. The molecule has 1 atom stereocenters. The van der Waals surface area contributed by atoms with E-state index in [4.69, 9.17) is 0 Å². The monoisotopic (exact) mass is 238 g/mol. The molecule has 0 radical (unpaired) electrons. The summed E-state index contributed by atoms with van der Waals surface area (Å²) >= 11 is 1.58. The molecule has 1 aliphatic rings. The van der Waals surface area contributed by atoms with Gasteiger partial charge in [-0.25, -0.2) is 9.97 Å². The summed E-state index contributed by atoms with van der Waals surface area (Å²) in [5, 5.41) is 3.92. The lowest BCUT2D eigenvalue weighted by atomic mass is 10.2. The van der Waals surface area contributed by atoms with Gasteiger partial charge in [0.1, 0.15) is 11.6 Å². The summed E-state index contributed by atoms with van der Waals surface area (Å²) in [6, 6.07) is 2.03. The number of anilines is 2. The highest BCUT2D eigenvalue weighted by molar-refractivity contribution is 7.98. The van der Waals surface area contributed by atoms with Crippen molar-refractivity contribution in [2.45, 2.75) is 18.5 Å². The third-order valence-electron chi connectivity index (χ3n) is 2.88. The van der Waals surface area contributed by atoms with Crippen LogP contribution < -0.4 is 10.2 Å². The standard InChI is InChI=1S/C11H18N4S/c1-8-4-5-15(7-8)10-6-9(12-2)13-11(14-10)16-3/h6,8H,4-5,7H2,1-3H3,(H,12,13,14). The number of nitrogens with zero attached hydrogens (tertiary/aromatic N) is 3. The first-order chi connectivity index (χ1) is 7.72. The van der Waals surface area contributed by atoms with Gasteiger partial charge in [0.15, 0.2) is 5.16 Å².